The van der Waals surface area contributed by atoms with E-state index in [1.807, 2.05) is 0 Å². The van der Waals surface area contributed by atoms with Gasteiger partial charge in [0, 0.05) is 35.2 Å². The summed E-state index contributed by atoms with van der Waals surface area (Å²) < 4.78 is 0. The van der Waals surface area contributed by atoms with Crippen LogP contribution in [0.1, 0.15) is 6.42 Å². The number of fused-ring (bicyclic) bond motifs is 2. The van der Waals surface area contributed by atoms with E-state index in [-0.39, 0.29) is 6.04 Å². The molecular weight excluding hydrogens is 641 g/mol. The predicted octanol–water partition coefficient (Wildman–Crippen LogP) is 13.6. The lowest BCUT2D eigenvalue weighted by atomic mass is 9.89. The molecule has 1 atom stereocenters. The van der Waals surface area contributed by atoms with Gasteiger partial charge in [-0.25, -0.2) is 0 Å². The van der Waals surface area contributed by atoms with E-state index >= 15 is 0 Å². The number of allylic oxidation sites excluding steroid dienone is 1. The molecule has 0 amide bonds. The third-order valence-electron chi connectivity index (χ3n) is 11.2. The molecule has 0 bridgehead atoms. The molecule has 1 aliphatic carbocycles. The maximum Gasteiger partial charge on any atom is 0.0509 e. The van der Waals surface area contributed by atoms with Crippen LogP contribution in [0, 0.1) is 0 Å². The molecule has 0 saturated heterocycles. The second-order valence-electron chi connectivity index (χ2n) is 14.1. The summed E-state index contributed by atoms with van der Waals surface area (Å²) >= 11 is 0. The van der Waals surface area contributed by atoms with Crippen LogP contribution in [0.2, 0.25) is 0 Å². The summed E-state index contributed by atoms with van der Waals surface area (Å²) in [5, 5.41) is 10.6. The number of likely N-dealkylation sites (N-methyl/N-ethyl adjacent to an activating group) is 1. The lowest BCUT2D eigenvalue weighted by molar-refractivity contribution is 0.749. The Hall–Kier alpha value is -6.64. The zero-order valence-corrected chi connectivity index (χ0v) is 29.7. The minimum atomic E-state index is 0.220. The SMILES string of the molecule is CN(c1ccc2c3cccc4cccc(c5cccc1c52)c43)C1C=CC(N(c2ccc(-c3ccccc3)cc2)c2ccc(-c3ccccc3)cc2)=CC1. The second-order valence-corrected chi connectivity index (χ2v) is 14.1. The number of benzene rings is 9. The van der Waals surface area contributed by atoms with Crippen LogP contribution in [0.3, 0.4) is 0 Å². The number of nitrogens with zero attached hydrogens (tertiary/aromatic N) is 2. The first-order valence-corrected chi connectivity index (χ1v) is 18.5. The molecule has 53 heavy (non-hydrogen) atoms. The fourth-order valence-corrected chi connectivity index (χ4v) is 8.48. The van der Waals surface area contributed by atoms with E-state index in [4.69, 9.17) is 0 Å². The zero-order chi connectivity index (χ0) is 35.3. The van der Waals surface area contributed by atoms with Gasteiger partial charge in [0.05, 0.1) is 6.04 Å². The third kappa shape index (κ3) is 5.34. The highest BCUT2D eigenvalue weighted by molar-refractivity contribution is 6.34. The molecule has 0 N–H and O–H groups in total. The van der Waals surface area contributed by atoms with Crippen LogP contribution in [0.25, 0.3) is 65.3 Å². The number of rotatable bonds is 7. The molecule has 0 heterocycles. The van der Waals surface area contributed by atoms with E-state index in [9.17, 15) is 0 Å². The van der Waals surface area contributed by atoms with Gasteiger partial charge in [0.2, 0.25) is 0 Å². The van der Waals surface area contributed by atoms with Crippen molar-refractivity contribution < 1.29 is 0 Å². The molecule has 252 valence electrons. The number of anilines is 3. The van der Waals surface area contributed by atoms with E-state index in [1.165, 1.54) is 76.7 Å². The first kappa shape index (κ1) is 31.1. The molecule has 0 fully saturated rings. The standard InChI is InChI=1S/C51H38N2/c1-52(49-34-33-47-45-18-9-16-39-15-8-17-44(50(39)45)46-19-10-20-48(49)51(46)47)40-29-31-43(32-30-40)53(41-25-21-37(22-26-41)35-11-4-2-5-12-35)42-27-23-38(24-28-42)36-13-6-3-7-14-36/h2-29,31-34,40H,30H2,1H3. The molecule has 2 heteroatoms. The average Bonchev–Trinajstić information content (AvgIpc) is 3.24. The number of hydrogen-bond acceptors (Lipinski definition) is 2. The van der Waals surface area contributed by atoms with Gasteiger partial charge in [-0.1, -0.05) is 158 Å². The topological polar surface area (TPSA) is 6.48 Å². The Labute approximate surface area is 310 Å². The molecule has 9 aromatic rings. The minimum absolute atomic E-state index is 0.220. The Morgan fingerprint density at radius 1 is 0.434 bits per heavy atom. The van der Waals surface area contributed by atoms with Crippen LogP contribution < -0.4 is 9.80 Å². The molecule has 0 spiro atoms. The van der Waals surface area contributed by atoms with Gasteiger partial charge < -0.3 is 9.80 Å². The van der Waals surface area contributed by atoms with Crippen LogP contribution in [0.5, 0.6) is 0 Å². The van der Waals surface area contributed by atoms with Crippen LogP contribution >= 0.6 is 0 Å². The van der Waals surface area contributed by atoms with Gasteiger partial charge in [0.25, 0.3) is 0 Å². The van der Waals surface area contributed by atoms with Crippen molar-refractivity contribution in [3.8, 4) is 22.3 Å². The molecule has 1 unspecified atom stereocenters. The summed E-state index contributed by atoms with van der Waals surface area (Å²) in [5.74, 6) is 0. The molecule has 0 radical (unpaired) electrons. The Kier molecular flexibility index (Phi) is 7.54. The molecule has 0 saturated carbocycles. The quantitative estimate of drug-likeness (QED) is 0.122. The number of hydrogen-bond donors (Lipinski definition) is 0. The zero-order valence-electron chi connectivity index (χ0n) is 29.7. The summed E-state index contributed by atoms with van der Waals surface area (Å²) in [6.45, 7) is 0. The summed E-state index contributed by atoms with van der Waals surface area (Å²) in [5.41, 5.74) is 9.58. The Bertz CT molecular complexity index is 2660. The first-order chi connectivity index (χ1) is 26.2. The maximum atomic E-state index is 2.46. The highest BCUT2D eigenvalue weighted by Crippen LogP contribution is 2.43. The van der Waals surface area contributed by atoms with Gasteiger partial charge in [-0.15, -0.1) is 0 Å². The van der Waals surface area contributed by atoms with E-state index in [2.05, 4.69) is 211 Å². The van der Waals surface area contributed by atoms with Gasteiger partial charge in [0.1, 0.15) is 0 Å². The second kappa shape index (κ2) is 12.8. The van der Waals surface area contributed by atoms with E-state index in [0.29, 0.717) is 0 Å². The average molecular weight is 679 g/mol. The van der Waals surface area contributed by atoms with Crippen LogP contribution in [0.4, 0.5) is 17.1 Å². The molecule has 0 aliphatic heterocycles. The summed E-state index contributed by atoms with van der Waals surface area (Å²) in [7, 11) is 2.25. The van der Waals surface area contributed by atoms with Crippen molar-refractivity contribution in [1.29, 1.82) is 0 Å². The van der Waals surface area contributed by atoms with Crippen molar-refractivity contribution in [3.05, 3.63) is 200 Å². The smallest absolute Gasteiger partial charge is 0.0509 e. The summed E-state index contributed by atoms with van der Waals surface area (Å²) in [4.78, 5) is 4.85. The van der Waals surface area contributed by atoms with Crippen LogP contribution in [-0.4, -0.2) is 13.1 Å². The third-order valence-corrected chi connectivity index (χ3v) is 11.2. The molecule has 9 aromatic carbocycles. The van der Waals surface area contributed by atoms with Crippen molar-refractivity contribution in [3.63, 3.8) is 0 Å². The lowest BCUT2D eigenvalue weighted by Gasteiger charge is -2.33. The Balaban J connectivity index is 1.000. The highest BCUT2D eigenvalue weighted by Gasteiger charge is 2.22. The predicted molar refractivity (Wildman–Crippen MR) is 228 cm³/mol. The van der Waals surface area contributed by atoms with E-state index in [1.54, 1.807) is 0 Å². The Morgan fingerprint density at radius 2 is 0.925 bits per heavy atom. The van der Waals surface area contributed by atoms with Gasteiger partial charge in [0.15, 0.2) is 0 Å². The Morgan fingerprint density at radius 3 is 1.47 bits per heavy atom. The van der Waals surface area contributed by atoms with E-state index in [0.717, 1.165) is 17.8 Å². The van der Waals surface area contributed by atoms with Gasteiger partial charge in [-0.3, -0.25) is 0 Å². The fraction of sp³-hybridized carbons (Fsp3) is 0.0588. The summed E-state index contributed by atoms with van der Waals surface area (Å²) in [6.07, 6.45) is 7.99. The van der Waals surface area contributed by atoms with Crippen LogP contribution in [0.15, 0.2) is 200 Å². The van der Waals surface area contributed by atoms with Crippen molar-refractivity contribution in [2.75, 3.05) is 16.8 Å². The molecular formula is C51H38N2. The largest absolute Gasteiger partial charge is 0.367 e. The normalized spacial score (nSPS) is 14.3. The molecule has 10 rings (SSSR count). The van der Waals surface area contributed by atoms with Crippen molar-refractivity contribution in [2.45, 2.75) is 12.5 Å². The first-order valence-electron chi connectivity index (χ1n) is 18.5. The molecule has 2 nitrogen and oxygen atoms in total. The lowest BCUT2D eigenvalue weighted by Crippen LogP contribution is -2.31. The fourth-order valence-electron chi connectivity index (χ4n) is 8.48. The van der Waals surface area contributed by atoms with Gasteiger partial charge in [-0.2, -0.15) is 0 Å². The highest BCUT2D eigenvalue weighted by atomic mass is 15.2. The van der Waals surface area contributed by atoms with Crippen molar-refractivity contribution in [2.24, 2.45) is 0 Å². The van der Waals surface area contributed by atoms with Crippen LogP contribution in [-0.2, 0) is 0 Å². The summed E-state index contributed by atoms with van der Waals surface area (Å²) in [6, 6.07) is 64.2. The molecule has 1 aliphatic rings. The van der Waals surface area contributed by atoms with Gasteiger partial charge in [-0.05, 0) is 103 Å². The maximum absolute atomic E-state index is 2.46. The molecule has 0 aromatic heterocycles. The minimum Gasteiger partial charge on any atom is -0.367 e. The monoisotopic (exact) mass is 678 g/mol. The van der Waals surface area contributed by atoms with Crippen molar-refractivity contribution in [1.82, 2.24) is 0 Å². The van der Waals surface area contributed by atoms with Crippen molar-refractivity contribution >= 4 is 60.2 Å². The van der Waals surface area contributed by atoms with E-state index < -0.39 is 0 Å². The van der Waals surface area contributed by atoms with Gasteiger partial charge >= 0.3 is 0 Å².